The molecule has 0 aliphatic rings. The molecular weight excluding hydrogens is 268 g/mol. The van der Waals surface area contributed by atoms with Gasteiger partial charge < -0.3 is 0 Å². The molecule has 0 spiro atoms. The monoisotopic (exact) mass is 284 g/mol. The second-order valence-corrected chi connectivity index (χ2v) is 5.66. The Morgan fingerprint density at radius 3 is 2.18 bits per heavy atom. The van der Waals surface area contributed by atoms with E-state index in [1.165, 1.54) is 32.1 Å². The molecule has 0 aromatic carbocycles. The predicted molar refractivity (Wildman–Crippen MR) is 59.9 cm³/mol. The summed E-state index contributed by atoms with van der Waals surface area (Å²) in [5, 5.41) is 0. The maximum Gasteiger partial charge on any atom is 0.0268 e. The molecule has 0 saturated carbocycles. The molecule has 2 atom stereocenters. The van der Waals surface area contributed by atoms with E-state index in [4.69, 9.17) is 0 Å². The number of halogens is 2. The number of rotatable bonds is 6. The molecule has 0 aliphatic heterocycles. The summed E-state index contributed by atoms with van der Waals surface area (Å²) in [7, 11) is 0. The van der Waals surface area contributed by atoms with Crippen molar-refractivity contribution >= 4 is 31.9 Å². The first-order chi connectivity index (χ1) is 5.18. The van der Waals surface area contributed by atoms with Gasteiger partial charge in [-0.15, -0.1) is 0 Å². The van der Waals surface area contributed by atoms with Gasteiger partial charge in [0.05, 0.1) is 0 Å². The summed E-state index contributed by atoms with van der Waals surface area (Å²) in [6.07, 6.45) is 6.76. The molecule has 0 bridgehead atoms. The Kier molecular flexibility index (Phi) is 8.26. The van der Waals surface area contributed by atoms with Crippen molar-refractivity contribution < 1.29 is 0 Å². The highest BCUT2D eigenvalue weighted by Crippen LogP contribution is 2.19. The van der Waals surface area contributed by atoms with E-state index >= 15 is 0 Å². The molecule has 0 aromatic heterocycles. The van der Waals surface area contributed by atoms with Gasteiger partial charge >= 0.3 is 0 Å². The van der Waals surface area contributed by atoms with Crippen molar-refractivity contribution in [2.24, 2.45) is 0 Å². The van der Waals surface area contributed by atoms with Gasteiger partial charge in [0.2, 0.25) is 0 Å². The Morgan fingerprint density at radius 1 is 1.09 bits per heavy atom. The number of hydrogen-bond donors (Lipinski definition) is 0. The van der Waals surface area contributed by atoms with Gasteiger partial charge in [0.25, 0.3) is 0 Å². The van der Waals surface area contributed by atoms with Crippen LogP contribution in [-0.2, 0) is 0 Å². The molecule has 11 heavy (non-hydrogen) atoms. The van der Waals surface area contributed by atoms with Gasteiger partial charge in [-0.25, -0.2) is 0 Å². The average Bonchev–Trinajstić information content (AvgIpc) is 1.97. The zero-order chi connectivity index (χ0) is 8.69. The molecule has 2 heteroatoms. The van der Waals surface area contributed by atoms with E-state index in [1.54, 1.807) is 0 Å². The van der Waals surface area contributed by atoms with Crippen molar-refractivity contribution in [2.45, 2.75) is 55.6 Å². The van der Waals surface area contributed by atoms with E-state index in [0.717, 1.165) is 0 Å². The molecule has 0 nitrogen and oxygen atoms in total. The molecule has 0 N–H and O–H groups in total. The Labute approximate surface area is 87.4 Å². The average molecular weight is 286 g/mol. The van der Waals surface area contributed by atoms with Gasteiger partial charge in [-0.2, -0.15) is 0 Å². The van der Waals surface area contributed by atoms with Crippen molar-refractivity contribution in [2.75, 3.05) is 0 Å². The highest BCUT2D eigenvalue weighted by molar-refractivity contribution is 9.12. The third kappa shape index (κ3) is 7.32. The van der Waals surface area contributed by atoms with Crippen LogP contribution in [0.1, 0.15) is 46.0 Å². The molecule has 0 rings (SSSR count). The summed E-state index contributed by atoms with van der Waals surface area (Å²) in [6.45, 7) is 4.44. The third-order valence-corrected chi connectivity index (χ3v) is 4.43. The first-order valence-corrected chi connectivity index (χ1v) is 6.29. The maximum absolute atomic E-state index is 3.65. The highest BCUT2D eigenvalue weighted by Gasteiger charge is 2.08. The minimum Gasteiger partial charge on any atom is -0.0882 e. The molecule has 2 unspecified atom stereocenters. The fourth-order valence-corrected chi connectivity index (χ4v) is 1.58. The summed E-state index contributed by atoms with van der Waals surface area (Å²) in [4.78, 5) is 1.25. The molecule has 0 aliphatic carbocycles. The lowest BCUT2D eigenvalue weighted by molar-refractivity contribution is 0.620. The molecule has 0 radical (unpaired) electrons. The van der Waals surface area contributed by atoms with E-state index in [-0.39, 0.29) is 0 Å². The highest BCUT2D eigenvalue weighted by atomic mass is 79.9. The van der Waals surface area contributed by atoms with E-state index in [9.17, 15) is 0 Å². The van der Waals surface area contributed by atoms with Gasteiger partial charge in [0.15, 0.2) is 0 Å². The van der Waals surface area contributed by atoms with Crippen LogP contribution in [0.2, 0.25) is 0 Å². The molecule has 0 amide bonds. The standard InChI is InChI=1S/C9H18Br2/c1-3-4-5-6-7-9(11)8(2)10/h8-9H,3-7H2,1-2H3. The molecule has 0 fully saturated rings. The zero-order valence-corrected chi connectivity index (χ0v) is 10.6. The largest absolute Gasteiger partial charge is 0.0882 e. The Hall–Kier alpha value is 0.960. The van der Waals surface area contributed by atoms with Crippen LogP contribution in [0.25, 0.3) is 0 Å². The van der Waals surface area contributed by atoms with Crippen molar-refractivity contribution in [1.29, 1.82) is 0 Å². The summed E-state index contributed by atoms with van der Waals surface area (Å²) >= 11 is 7.21. The fourth-order valence-electron chi connectivity index (χ4n) is 0.996. The van der Waals surface area contributed by atoms with Gasteiger partial charge in [0.1, 0.15) is 0 Å². The normalized spacial score (nSPS) is 16.4. The molecule has 0 aromatic rings. The quantitative estimate of drug-likeness (QED) is 0.498. The van der Waals surface area contributed by atoms with Crippen molar-refractivity contribution in [1.82, 2.24) is 0 Å². The van der Waals surface area contributed by atoms with Gasteiger partial charge in [-0.3, -0.25) is 0 Å². The summed E-state index contributed by atoms with van der Waals surface area (Å²) in [5.74, 6) is 0. The Balaban J connectivity index is 3.10. The summed E-state index contributed by atoms with van der Waals surface area (Å²) in [6, 6.07) is 0. The first-order valence-electron chi connectivity index (χ1n) is 4.46. The fraction of sp³-hybridized carbons (Fsp3) is 1.00. The van der Waals surface area contributed by atoms with Gasteiger partial charge in [-0.05, 0) is 6.42 Å². The minimum atomic E-state index is 0.601. The lowest BCUT2D eigenvalue weighted by Gasteiger charge is -2.11. The summed E-state index contributed by atoms with van der Waals surface area (Å²) < 4.78 is 0. The first kappa shape index (κ1) is 12.0. The van der Waals surface area contributed by atoms with Crippen LogP contribution in [0.5, 0.6) is 0 Å². The topological polar surface area (TPSA) is 0 Å². The van der Waals surface area contributed by atoms with Crippen molar-refractivity contribution in [3.8, 4) is 0 Å². The van der Waals surface area contributed by atoms with E-state index in [2.05, 4.69) is 45.7 Å². The van der Waals surface area contributed by atoms with E-state index in [0.29, 0.717) is 9.65 Å². The van der Waals surface area contributed by atoms with Crippen LogP contribution in [-0.4, -0.2) is 9.65 Å². The van der Waals surface area contributed by atoms with Crippen LogP contribution >= 0.6 is 31.9 Å². The second-order valence-electron chi connectivity index (χ2n) is 3.04. The number of unbranched alkanes of at least 4 members (excludes halogenated alkanes) is 3. The second kappa shape index (κ2) is 7.60. The maximum atomic E-state index is 3.65. The molecular formula is C9H18Br2. The van der Waals surface area contributed by atoms with Gasteiger partial charge in [-0.1, -0.05) is 71.4 Å². The Morgan fingerprint density at radius 2 is 1.73 bits per heavy atom. The van der Waals surface area contributed by atoms with Crippen LogP contribution in [0.15, 0.2) is 0 Å². The van der Waals surface area contributed by atoms with Crippen LogP contribution < -0.4 is 0 Å². The van der Waals surface area contributed by atoms with Crippen molar-refractivity contribution in [3.05, 3.63) is 0 Å². The molecule has 68 valence electrons. The smallest absolute Gasteiger partial charge is 0.0268 e. The lowest BCUT2D eigenvalue weighted by Crippen LogP contribution is -2.08. The van der Waals surface area contributed by atoms with E-state index < -0.39 is 0 Å². The van der Waals surface area contributed by atoms with Crippen LogP contribution in [0, 0.1) is 0 Å². The molecule has 0 heterocycles. The summed E-state index contributed by atoms with van der Waals surface area (Å²) in [5.41, 5.74) is 0. The van der Waals surface area contributed by atoms with E-state index in [1.807, 2.05) is 0 Å². The Bertz CT molecular complexity index is 81.6. The zero-order valence-electron chi connectivity index (χ0n) is 7.45. The van der Waals surface area contributed by atoms with Crippen LogP contribution in [0.3, 0.4) is 0 Å². The van der Waals surface area contributed by atoms with Crippen molar-refractivity contribution in [3.63, 3.8) is 0 Å². The molecule has 0 saturated heterocycles. The number of hydrogen-bond acceptors (Lipinski definition) is 0. The number of alkyl halides is 2. The predicted octanol–water partition coefficient (Wildman–Crippen LogP) is 4.50. The minimum absolute atomic E-state index is 0.601. The van der Waals surface area contributed by atoms with Gasteiger partial charge in [0, 0.05) is 9.65 Å². The van der Waals surface area contributed by atoms with Crippen LogP contribution in [0.4, 0.5) is 0 Å². The lowest BCUT2D eigenvalue weighted by atomic mass is 10.1. The SMILES string of the molecule is CCCCCCC(Br)C(C)Br. The third-order valence-electron chi connectivity index (χ3n) is 1.83.